The summed E-state index contributed by atoms with van der Waals surface area (Å²) in [5.74, 6) is 1.05. The van der Waals surface area contributed by atoms with Crippen molar-refractivity contribution in [3.63, 3.8) is 0 Å². The van der Waals surface area contributed by atoms with Crippen LogP contribution in [0.25, 0.3) is 0 Å². The molecule has 4 rings (SSSR count). The molecular formula is C18H20N6. The topological polar surface area (TPSA) is 69.2 Å². The molecule has 2 aromatic rings. The van der Waals surface area contributed by atoms with Gasteiger partial charge in [-0.2, -0.15) is 4.99 Å². The van der Waals surface area contributed by atoms with Gasteiger partial charge in [0.1, 0.15) is 0 Å². The van der Waals surface area contributed by atoms with E-state index in [0.29, 0.717) is 5.96 Å². The Morgan fingerprint density at radius 2 is 1.88 bits per heavy atom. The van der Waals surface area contributed by atoms with Crippen LogP contribution in [0.1, 0.15) is 17.3 Å². The van der Waals surface area contributed by atoms with Crippen LogP contribution in [0, 0.1) is 0 Å². The molecule has 0 saturated heterocycles. The Hall–Kier alpha value is -3.02. The summed E-state index contributed by atoms with van der Waals surface area (Å²) in [5.41, 5.74) is 10.5. The molecule has 0 radical (unpaired) electrons. The van der Waals surface area contributed by atoms with Gasteiger partial charge in [-0.3, -0.25) is 0 Å². The zero-order valence-electron chi connectivity index (χ0n) is 13.8. The molecular weight excluding hydrogens is 300 g/mol. The number of hydrogen-bond donors (Lipinski definition) is 2. The minimum absolute atomic E-state index is 0.172. The first-order valence-corrected chi connectivity index (χ1v) is 7.92. The van der Waals surface area contributed by atoms with Gasteiger partial charge in [0.2, 0.25) is 11.9 Å². The lowest BCUT2D eigenvalue weighted by Gasteiger charge is -2.38. The molecule has 2 aromatic carbocycles. The van der Waals surface area contributed by atoms with Crippen LogP contribution in [0.5, 0.6) is 0 Å². The van der Waals surface area contributed by atoms with E-state index in [0.717, 1.165) is 29.4 Å². The summed E-state index contributed by atoms with van der Waals surface area (Å²) in [7, 11) is 4.06. The highest BCUT2D eigenvalue weighted by atomic mass is 15.4. The van der Waals surface area contributed by atoms with E-state index in [-0.39, 0.29) is 6.17 Å². The average Bonchev–Trinajstić information content (AvgIpc) is 2.59. The van der Waals surface area contributed by atoms with Crippen molar-refractivity contribution in [3.05, 3.63) is 59.7 Å². The van der Waals surface area contributed by atoms with E-state index >= 15 is 0 Å². The normalized spacial score (nSPS) is 18.8. The molecule has 0 aliphatic carbocycles. The third-order valence-electron chi connectivity index (χ3n) is 4.35. The van der Waals surface area contributed by atoms with E-state index in [1.165, 1.54) is 5.56 Å². The Morgan fingerprint density at radius 1 is 1.12 bits per heavy atom. The minimum Gasteiger partial charge on any atom is -0.378 e. The molecule has 6 heteroatoms. The van der Waals surface area contributed by atoms with Crippen molar-refractivity contribution in [1.29, 1.82) is 0 Å². The van der Waals surface area contributed by atoms with Crippen molar-refractivity contribution in [2.24, 2.45) is 15.7 Å². The van der Waals surface area contributed by atoms with Crippen LogP contribution in [0.3, 0.4) is 0 Å². The number of nitrogens with two attached hydrogens (primary N) is 1. The Balaban J connectivity index is 1.70. The van der Waals surface area contributed by atoms with E-state index in [1.54, 1.807) is 0 Å². The molecule has 0 aromatic heterocycles. The van der Waals surface area contributed by atoms with Crippen LogP contribution >= 0.6 is 0 Å². The largest absolute Gasteiger partial charge is 0.378 e. The van der Waals surface area contributed by atoms with Crippen LogP contribution in [-0.4, -0.2) is 30.9 Å². The summed E-state index contributed by atoms with van der Waals surface area (Å²) in [6.45, 7) is 0.749. The van der Waals surface area contributed by atoms with Crippen LogP contribution < -0.4 is 16.0 Å². The van der Waals surface area contributed by atoms with E-state index < -0.39 is 0 Å². The van der Waals surface area contributed by atoms with Gasteiger partial charge in [-0.15, -0.1) is 0 Å². The third kappa shape index (κ3) is 2.46. The second-order valence-electron chi connectivity index (χ2n) is 6.19. The molecule has 0 amide bonds. The van der Waals surface area contributed by atoms with E-state index in [2.05, 4.69) is 61.5 Å². The summed E-state index contributed by atoms with van der Waals surface area (Å²) in [6.07, 6.45) is -0.172. The number of anilines is 2. The highest BCUT2D eigenvalue weighted by Gasteiger charge is 2.31. The lowest BCUT2D eigenvalue weighted by atomic mass is 10.1. The number of nitrogens with zero attached hydrogens (tertiary/aromatic N) is 4. The highest BCUT2D eigenvalue weighted by Crippen LogP contribution is 2.33. The maximum atomic E-state index is 5.96. The van der Waals surface area contributed by atoms with E-state index in [4.69, 9.17) is 5.73 Å². The van der Waals surface area contributed by atoms with Crippen molar-refractivity contribution < 1.29 is 0 Å². The predicted molar refractivity (Wildman–Crippen MR) is 98.2 cm³/mol. The molecule has 1 unspecified atom stereocenters. The summed E-state index contributed by atoms with van der Waals surface area (Å²) >= 11 is 0. The fourth-order valence-electron chi connectivity index (χ4n) is 3.06. The quantitative estimate of drug-likeness (QED) is 0.891. The van der Waals surface area contributed by atoms with Crippen molar-refractivity contribution >= 4 is 23.3 Å². The number of aliphatic imine (C=N–C) groups is 2. The molecule has 3 N–H and O–H groups in total. The van der Waals surface area contributed by atoms with Gasteiger partial charge in [0.25, 0.3) is 0 Å². The molecule has 0 fully saturated rings. The monoisotopic (exact) mass is 320 g/mol. The van der Waals surface area contributed by atoms with Crippen LogP contribution in [0.4, 0.5) is 11.4 Å². The molecule has 6 nitrogen and oxygen atoms in total. The standard InChI is InChI=1S/C18H20N6/c1-23(2)14-9-7-12(8-10-14)16-21-17(19)22-18-20-15-6-4-3-5-13(15)11-24(16)18/h3-10,16H,11H2,1-2H3,(H3,19,20,21,22). The molecule has 2 aliphatic heterocycles. The first-order chi connectivity index (χ1) is 11.6. The van der Waals surface area contributed by atoms with Crippen LogP contribution in [-0.2, 0) is 6.54 Å². The Morgan fingerprint density at radius 3 is 2.62 bits per heavy atom. The maximum absolute atomic E-state index is 5.96. The Labute approximate surface area is 141 Å². The van der Waals surface area contributed by atoms with E-state index in [9.17, 15) is 0 Å². The van der Waals surface area contributed by atoms with Crippen molar-refractivity contribution in [2.45, 2.75) is 12.7 Å². The second-order valence-corrected chi connectivity index (χ2v) is 6.19. The minimum atomic E-state index is -0.172. The SMILES string of the molecule is CN(C)c1ccc(C2N=C(N)N=C3Nc4ccccc4CN32)cc1. The first kappa shape index (κ1) is 14.6. The van der Waals surface area contributed by atoms with Gasteiger partial charge in [0.05, 0.1) is 6.54 Å². The molecule has 2 aliphatic rings. The molecule has 2 heterocycles. The van der Waals surface area contributed by atoms with Gasteiger partial charge in [-0.05, 0) is 29.3 Å². The van der Waals surface area contributed by atoms with Gasteiger partial charge in [-0.1, -0.05) is 30.3 Å². The molecule has 1 atom stereocenters. The molecule has 0 spiro atoms. The first-order valence-electron chi connectivity index (χ1n) is 7.92. The number of nitrogens with one attached hydrogen (secondary N) is 1. The predicted octanol–water partition coefficient (Wildman–Crippen LogP) is 2.36. The lowest BCUT2D eigenvalue weighted by molar-refractivity contribution is 0.308. The van der Waals surface area contributed by atoms with Crippen molar-refractivity contribution in [3.8, 4) is 0 Å². The van der Waals surface area contributed by atoms with Crippen LogP contribution in [0.2, 0.25) is 0 Å². The molecule has 0 saturated carbocycles. The Kier molecular flexibility index (Phi) is 3.37. The van der Waals surface area contributed by atoms with Crippen molar-refractivity contribution in [1.82, 2.24) is 4.90 Å². The number of para-hydroxylation sites is 1. The number of benzene rings is 2. The van der Waals surface area contributed by atoms with Gasteiger partial charge in [0.15, 0.2) is 6.17 Å². The molecule has 0 bridgehead atoms. The summed E-state index contributed by atoms with van der Waals surface area (Å²) < 4.78 is 0. The van der Waals surface area contributed by atoms with Crippen LogP contribution in [0.15, 0.2) is 58.5 Å². The third-order valence-corrected chi connectivity index (χ3v) is 4.35. The van der Waals surface area contributed by atoms with E-state index in [1.807, 2.05) is 26.2 Å². The maximum Gasteiger partial charge on any atom is 0.220 e. The fourth-order valence-corrected chi connectivity index (χ4v) is 3.06. The number of guanidine groups is 2. The molecule has 24 heavy (non-hydrogen) atoms. The Bertz CT molecular complexity index is 822. The average molecular weight is 320 g/mol. The number of fused-ring (bicyclic) bond motifs is 2. The number of rotatable bonds is 2. The zero-order valence-corrected chi connectivity index (χ0v) is 13.8. The smallest absolute Gasteiger partial charge is 0.220 e. The summed E-state index contributed by atoms with van der Waals surface area (Å²) in [6, 6.07) is 16.6. The lowest BCUT2D eigenvalue weighted by Crippen LogP contribution is -2.45. The highest BCUT2D eigenvalue weighted by molar-refractivity contribution is 6.04. The zero-order chi connectivity index (χ0) is 16.7. The second kappa shape index (κ2) is 5.56. The summed E-state index contributed by atoms with van der Waals surface area (Å²) in [5, 5.41) is 3.37. The van der Waals surface area contributed by atoms with Crippen molar-refractivity contribution in [2.75, 3.05) is 24.3 Å². The van der Waals surface area contributed by atoms with Gasteiger partial charge in [-0.25, -0.2) is 4.99 Å². The van der Waals surface area contributed by atoms with Gasteiger partial charge < -0.3 is 20.9 Å². The fraction of sp³-hybridized carbons (Fsp3) is 0.222. The number of hydrogen-bond acceptors (Lipinski definition) is 6. The summed E-state index contributed by atoms with van der Waals surface area (Å²) in [4.78, 5) is 13.2. The van der Waals surface area contributed by atoms with Gasteiger partial charge in [0, 0.05) is 25.5 Å². The van der Waals surface area contributed by atoms with Gasteiger partial charge >= 0.3 is 0 Å². The molecule has 122 valence electrons.